The van der Waals surface area contributed by atoms with E-state index in [1.807, 2.05) is 43.3 Å². The number of nitrogens with zero attached hydrogens (tertiary/aromatic N) is 1. The summed E-state index contributed by atoms with van der Waals surface area (Å²) in [4.78, 5) is 16.1. The largest absolute Gasteiger partial charge is 0.496 e. The number of ether oxygens (including phenoxy) is 1. The van der Waals surface area contributed by atoms with Gasteiger partial charge in [0.15, 0.2) is 0 Å². The first-order valence-corrected chi connectivity index (χ1v) is 6.04. The highest BCUT2D eigenvalue weighted by molar-refractivity contribution is 5.92. The normalized spacial score (nSPS) is 10.0. The monoisotopic (exact) mass is 256 g/mol. The smallest absolute Gasteiger partial charge is 0.230 e. The van der Waals surface area contributed by atoms with Crippen molar-refractivity contribution in [1.82, 2.24) is 4.98 Å². The van der Waals surface area contributed by atoms with Gasteiger partial charge >= 0.3 is 0 Å². The molecule has 4 nitrogen and oxygen atoms in total. The van der Waals surface area contributed by atoms with E-state index in [0.717, 1.165) is 16.9 Å². The van der Waals surface area contributed by atoms with E-state index in [-0.39, 0.29) is 12.3 Å². The van der Waals surface area contributed by atoms with Crippen LogP contribution in [0, 0.1) is 6.92 Å². The van der Waals surface area contributed by atoms with Crippen molar-refractivity contribution in [1.29, 1.82) is 0 Å². The predicted molar refractivity (Wildman–Crippen MR) is 74.3 cm³/mol. The number of hydrogen-bond acceptors (Lipinski definition) is 3. The average molecular weight is 256 g/mol. The van der Waals surface area contributed by atoms with Crippen LogP contribution < -0.4 is 10.1 Å². The fourth-order valence-corrected chi connectivity index (χ4v) is 1.81. The molecule has 0 aliphatic heterocycles. The number of pyridine rings is 1. The van der Waals surface area contributed by atoms with Crippen LogP contribution in [-0.4, -0.2) is 18.0 Å². The summed E-state index contributed by atoms with van der Waals surface area (Å²) in [6, 6.07) is 11.2. The number of amides is 1. The molecule has 98 valence electrons. The van der Waals surface area contributed by atoms with Crippen molar-refractivity contribution in [2.75, 3.05) is 12.4 Å². The van der Waals surface area contributed by atoms with Crippen molar-refractivity contribution in [2.45, 2.75) is 13.3 Å². The topological polar surface area (TPSA) is 51.2 Å². The van der Waals surface area contributed by atoms with Crippen LogP contribution in [0.5, 0.6) is 5.75 Å². The molecule has 0 radical (unpaired) electrons. The Hall–Kier alpha value is -2.36. The molecule has 1 aromatic heterocycles. The standard InChI is InChI=1S/C15H16N2O2/c1-11-6-5-9-16-15(11)17-14(18)10-12-7-3-4-8-13(12)19-2/h3-9H,10H2,1-2H3,(H,16,17,18). The molecule has 0 spiro atoms. The summed E-state index contributed by atoms with van der Waals surface area (Å²) < 4.78 is 5.22. The number of nitrogens with one attached hydrogen (secondary N) is 1. The zero-order valence-electron chi connectivity index (χ0n) is 11.0. The van der Waals surface area contributed by atoms with E-state index in [9.17, 15) is 4.79 Å². The lowest BCUT2D eigenvalue weighted by molar-refractivity contribution is -0.115. The number of para-hydroxylation sites is 1. The quantitative estimate of drug-likeness (QED) is 0.914. The predicted octanol–water partition coefficient (Wildman–Crippen LogP) is 2.58. The Morgan fingerprint density at radius 1 is 1.26 bits per heavy atom. The first-order valence-electron chi connectivity index (χ1n) is 6.04. The summed E-state index contributed by atoms with van der Waals surface area (Å²) in [5, 5.41) is 2.80. The van der Waals surface area contributed by atoms with Crippen molar-refractivity contribution < 1.29 is 9.53 Å². The first kappa shape index (κ1) is 13.1. The van der Waals surface area contributed by atoms with E-state index in [0.29, 0.717) is 5.82 Å². The van der Waals surface area contributed by atoms with Gasteiger partial charge in [-0.3, -0.25) is 4.79 Å². The Kier molecular flexibility index (Phi) is 4.13. The third-order valence-electron chi connectivity index (χ3n) is 2.81. The van der Waals surface area contributed by atoms with Crippen LogP contribution in [0.3, 0.4) is 0 Å². The zero-order chi connectivity index (χ0) is 13.7. The molecule has 0 saturated carbocycles. The maximum Gasteiger partial charge on any atom is 0.230 e. The number of carbonyl (C=O) groups is 1. The molecule has 0 unspecified atom stereocenters. The van der Waals surface area contributed by atoms with E-state index in [1.165, 1.54) is 0 Å². The fraction of sp³-hybridized carbons (Fsp3) is 0.200. The maximum absolute atomic E-state index is 12.0. The molecule has 0 bridgehead atoms. The van der Waals surface area contributed by atoms with Gasteiger partial charge in [0.1, 0.15) is 11.6 Å². The van der Waals surface area contributed by atoms with Gasteiger partial charge in [0.05, 0.1) is 13.5 Å². The van der Waals surface area contributed by atoms with Crippen LogP contribution in [0.25, 0.3) is 0 Å². The van der Waals surface area contributed by atoms with Crippen molar-refractivity contribution in [3.8, 4) is 5.75 Å². The van der Waals surface area contributed by atoms with Gasteiger partial charge in [-0.2, -0.15) is 0 Å². The molecule has 0 saturated heterocycles. The highest BCUT2D eigenvalue weighted by Crippen LogP contribution is 2.18. The molecule has 0 aliphatic carbocycles. The van der Waals surface area contributed by atoms with Gasteiger partial charge in [0, 0.05) is 11.8 Å². The van der Waals surface area contributed by atoms with Gasteiger partial charge < -0.3 is 10.1 Å². The van der Waals surface area contributed by atoms with Crippen LogP contribution in [0.1, 0.15) is 11.1 Å². The summed E-state index contributed by atoms with van der Waals surface area (Å²) in [6.07, 6.45) is 1.92. The van der Waals surface area contributed by atoms with Gasteiger partial charge in [0.25, 0.3) is 0 Å². The number of aromatic nitrogens is 1. The molecular formula is C15H16N2O2. The van der Waals surface area contributed by atoms with Gasteiger partial charge in [-0.15, -0.1) is 0 Å². The lowest BCUT2D eigenvalue weighted by atomic mass is 10.1. The maximum atomic E-state index is 12.0. The molecule has 2 rings (SSSR count). The third-order valence-corrected chi connectivity index (χ3v) is 2.81. The summed E-state index contributed by atoms with van der Waals surface area (Å²) in [7, 11) is 1.60. The minimum absolute atomic E-state index is 0.105. The first-order chi connectivity index (χ1) is 9.20. The molecule has 1 heterocycles. The number of benzene rings is 1. The van der Waals surface area contributed by atoms with Crippen molar-refractivity contribution >= 4 is 11.7 Å². The number of hydrogen-bond donors (Lipinski definition) is 1. The van der Waals surface area contributed by atoms with E-state index >= 15 is 0 Å². The Bertz CT molecular complexity index is 582. The fourth-order valence-electron chi connectivity index (χ4n) is 1.81. The van der Waals surface area contributed by atoms with E-state index in [2.05, 4.69) is 10.3 Å². The van der Waals surface area contributed by atoms with Crippen LogP contribution in [0.4, 0.5) is 5.82 Å². The van der Waals surface area contributed by atoms with Gasteiger partial charge in [-0.05, 0) is 24.6 Å². The summed E-state index contributed by atoms with van der Waals surface area (Å²) >= 11 is 0. The third kappa shape index (κ3) is 3.31. The lowest BCUT2D eigenvalue weighted by Gasteiger charge is -2.09. The molecule has 1 aromatic carbocycles. The average Bonchev–Trinajstić information content (AvgIpc) is 2.42. The molecule has 19 heavy (non-hydrogen) atoms. The summed E-state index contributed by atoms with van der Waals surface area (Å²) in [5.41, 5.74) is 1.80. The summed E-state index contributed by atoms with van der Waals surface area (Å²) in [5.74, 6) is 1.21. The molecule has 4 heteroatoms. The van der Waals surface area contributed by atoms with Crippen LogP contribution in [0.2, 0.25) is 0 Å². The zero-order valence-corrected chi connectivity index (χ0v) is 11.0. The Morgan fingerprint density at radius 2 is 2.05 bits per heavy atom. The Labute approximate surface area is 112 Å². The number of carbonyl (C=O) groups excluding carboxylic acids is 1. The minimum atomic E-state index is -0.105. The van der Waals surface area contributed by atoms with Crippen LogP contribution >= 0.6 is 0 Å². The van der Waals surface area contributed by atoms with Gasteiger partial charge in [-0.25, -0.2) is 4.98 Å². The molecule has 2 aromatic rings. The minimum Gasteiger partial charge on any atom is -0.496 e. The highest BCUT2D eigenvalue weighted by atomic mass is 16.5. The highest BCUT2D eigenvalue weighted by Gasteiger charge is 2.09. The number of aryl methyl sites for hydroxylation is 1. The SMILES string of the molecule is COc1ccccc1CC(=O)Nc1ncccc1C. The second kappa shape index (κ2) is 6.00. The summed E-state index contributed by atoms with van der Waals surface area (Å²) in [6.45, 7) is 1.91. The van der Waals surface area contributed by atoms with E-state index < -0.39 is 0 Å². The second-order valence-corrected chi connectivity index (χ2v) is 4.21. The number of rotatable bonds is 4. The molecule has 0 fully saturated rings. The Morgan fingerprint density at radius 3 is 2.79 bits per heavy atom. The van der Waals surface area contributed by atoms with Gasteiger partial charge in [0.2, 0.25) is 5.91 Å². The van der Waals surface area contributed by atoms with Crippen LogP contribution in [0.15, 0.2) is 42.6 Å². The molecule has 0 atom stereocenters. The van der Waals surface area contributed by atoms with Crippen molar-refractivity contribution in [3.63, 3.8) is 0 Å². The van der Waals surface area contributed by atoms with Crippen LogP contribution in [-0.2, 0) is 11.2 Å². The van der Waals surface area contributed by atoms with Gasteiger partial charge in [-0.1, -0.05) is 24.3 Å². The molecule has 0 aliphatic rings. The molecule has 1 N–H and O–H groups in total. The lowest BCUT2D eigenvalue weighted by Crippen LogP contribution is -2.16. The van der Waals surface area contributed by atoms with E-state index in [1.54, 1.807) is 13.3 Å². The van der Waals surface area contributed by atoms with Crippen molar-refractivity contribution in [3.05, 3.63) is 53.7 Å². The van der Waals surface area contributed by atoms with E-state index in [4.69, 9.17) is 4.74 Å². The molecule has 1 amide bonds. The number of methoxy groups -OCH3 is 1. The number of anilines is 1. The molecular weight excluding hydrogens is 240 g/mol. The Balaban J connectivity index is 2.08. The van der Waals surface area contributed by atoms with Crippen molar-refractivity contribution in [2.24, 2.45) is 0 Å². The second-order valence-electron chi connectivity index (χ2n) is 4.21.